The summed E-state index contributed by atoms with van der Waals surface area (Å²) in [7, 11) is 0. The van der Waals surface area contributed by atoms with E-state index in [1.54, 1.807) is 0 Å². The molecule has 1 aromatic carbocycles. The smallest absolute Gasteiger partial charge is 0.410 e. The zero-order chi connectivity index (χ0) is 14.2. The molecule has 0 saturated carbocycles. The fourth-order valence-corrected chi connectivity index (χ4v) is 2.16. The number of nitrogens with one attached hydrogen (secondary N) is 2. The van der Waals surface area contributed by atoms with E-state index in [0.717, 1.165) is 39.1 Å². The van der Waals surface area contributed by atoms with E-state index >= 15 is 0 Å². The molecule has 0 radical (unpaired) electrons. The molecule has 110 valence electrons. The van der Waals surface area contributed by atoms with Crippen LogP contribution < -0.4 is 15.4 Å². The van der Waals surface area contributed by atoms with Crippen LogP contribution in [-0.2, 0) is 6.54 Å². The van der Waals surface area contributed by atoms with Gasteiger partial charge in [0, 0.05) is 39.3 Å². The molecular formula is C15H23N3O2. The molecule has 1 aliphatic rings. The number of carbonyl (C=O) groups is 1. The van der Waals surface area contributed by atoms with Crippen molar-refractivity contribution in [1.29, 1.82) is 0 Å². The second kappa shape index (κ2) is 7.87. The first-order chi connectivity index (χ1) is 9.78. The average molecular weight is 277 g/mol. The molecule has 1 amide bonds. The highest BCUT2D eigenvalue weighted by Gasteiger charge is 2.10. The van der Waals surface area contributed by atoms with Gasteiger partial charge in [-0.05, 0) is 24.1 Å². The van der Waals surface area contributed by atoms with Gasteiger partial charge in [-0.1, -0.05) is 19.1 Å². The molecule has 1 saturated heterocycles. The average Bonchev–Trinajstić information content (AvgIpc) is 2.48. The first-order valence-electron chi connectivity index (χ1n) is 7.25. The predicted octanol–water partition coefficient (Wildman–Crippen LogP) is 1.59. The van der Waals surface area contributed by atoms with E-state index in [2.05, 4.69) is 15.5 Å². The Labute approximate surface area is 120 Å². The zero-order valence-electron chi connectivity index (χ0n) is 12.0. The van der Waals surface area contributed by atoms with Crippen LogP contribution in [-0.4, -0.2) is 43.7 Å². The van der Waals surface area contributed by atoms with E-state index in [-0.39, 0.29) is 6.09 Å². The summed E-state index contributed by atoms with van der Waals surface area (Å²) in [4.78, 5) is 13.8. The maximum absolute atomic E-state index is 11.4. The second-order valence-electron chi connectivity index (χ2n) is 4.99. The van der Waals surface area contributed by atoms with Gasteiger partial charge in [0.05, 0.1) is 0 Å². The summed E-state index contributed by atoms with van der Waals surface area (Å²) in [6, 6.07) is 7.74. The topological polar surface area (TPSA) is 53.6 Å². The van der Waals surface area contributed by atoms with Crippen molar-refractivity contribution in [3.63, 3.8) is 0 Å². The van der Waals surface area contributed by atoms with Crippen LogP contribution in [0.25, 0.3) is 0 Å². The predicted molar refractivity (Wildman–Crippen MR) is 78.9 cm³/mol. The quantitative estimate of drug-likeness (QED) is 0.858. The third kappa shape index (κ3) is 4.83. The molecule has 0 aliphatic carbocycles. The Kier molecular flexibility index (Phi) is 5.83. The van der Waals surface area contributed by atoms with Crippen molar-refractivity contribution >= 4 is 6.09 Å². The summed E-state index contributed by atoms with van der Waals surface area (Å²) in [5, 5.41) is 6.03. The molecule has 1 aliphatic heterocycles. The van der Waals surface area contributed by atoms with E-state index in [9.17, 15) is 4.79 Å². The lowest BCUT2D eigenvalue weighted by Crippen LogP contribution is -2.42. The van der Waals surface area contributed by atoms with Gasteiger partial charge in [-0.25, -0.2) is 4.79 Å². The SMILES string of the molecule is CCCNC(=O)Oc1ccc(CN2CCNCC2)cc1. The highest BCUT2D eigenvalue weighted by atomic mass is 16.5. The number of hydrogen-bond acceptors (Lipinski definition) is 4. The lowest BCUT2D eigenvalue weighted by atomic mass is 10.2. The third-order valence-electron chi connectivity index (χ3n) is 3.27. The van der Waals surface area contributed by atoms with Crippen molar-refractivity contribution in [2.75, 3.05) is 32.7 Å². The van der Waals surface area contributed by atoms with Crippen molar-refractivity contribution in [3.05, 3.63) is 29.8 Å². The maximum Gasteiger partial charge on any atom is 0.412 e. The van der Waals surface area contributed by atoms with Gasteiger partial charge >= 0.3 is 6.09 Å². The van der Waals surface area contributed by atoms with E-state index < -0.39 is 0 Å². The van der Waals surface area contributed by atoms with Crippen molar-refractivity contribution in [1.82, 2.24) is 15.5 Å². The highest BCUT2D eigenvalue weighted by molar-refractivity contribution is 5.70. The molecule has 0 spiro atoms. The van der Waals surface area contributed by atoms with Crippen LogP contribution in [0.2, 0.25) is 0 Å². The normalized spacial score (nSPS) is 15.8. The summed E-state index contributed by atoms with van der Waals surface area (Å²) in [5.41, 5.74) is 1.24. The summed E-state index contributed by atoms with van der Waals surface area (Å²) < 4.78 is 5.19. The molecule has 0 bridgehead atoms. The minimum Gasteiger partial charge on any atom is -0.410 e. The molecule has 2 N–H and O–H groups in total. The lowest BCUT2D eigenvalue weighted by molar-refractivity contribution is 0.200. The molecule has 0 atom stereocenters. The van der Waals surface area contributed by atoms with Gasteiger partial charge in [-0.15, -0.1) is 0 Å². The summed E-state index contributed by atoms with van der Waals surface area (Å²) in [6.45, 7) is 7.86. The number of rotatable bonds is 5. The van der Waals surface area contributed by atoms with Crippen LogP contribution in [0.5, 0.6) is 5.75 Å². The van der Waals surface area contributed by atoms with Crippen molar-refractivity contribution in [3.8, 4) is 5.75 Å². The summed E-state index contributed by atoms with van der Waals surface area (Å²) >= 11 is 0. The number of carbonyl (C=O) groups excluding carboxylic acids is 1. The van der Waals surface area contributed by atoms with E-state index in [0.29, 0.717) is 12.3 Å². The summed E-state index contributed by atoms with van der Waals surface area (Å²) in [5.74, 6) is 0.586. The van der Waals surface area contributed by atoms with Gasteiger partial charge < -0.3 is 15.4 Å². The Bertz CT molecular complexity index is 414. The number of amides is 1. The number of nitrogens with zero attached hydrogens (tertiary/aromatic N) is 1. The van der Waals surface area contributed by atoms with Crippen LogP contribution in [0, 0.1) is 0 Å². The van der Waals surface area contributed by atoms with Gasteiger partial charge in [-0.3, -0.25) is 4.90 Å². The van der Waals surface area contributed by atoms with E-state index in [4.69, 9.17) is 4.74 Å². The molecule has 5 heteroatoms. The molecule has 0 unspecified atom stereocenters. The molecule has 1 heterocycles. The van der Waals surface area contributed by atoms with Gasteiger partial charge in [0.15, 0.2) is 0 Å². The van der Waals surface area contributed by atoms with Gasteiger partial charge in [-0.2, -0.15) is 0 Å². The van der Waals surface area contributed by atoms with Crippen LogP contribution in [0.4, 0.5) is 4.79 Å². The highest BCUT2D eigenvalue weighted by Crippen LogP contribution is 2.14. The monoisotopic (exact) mass is 277 g/mol. The van der Waals surface area contributed by atoms with Crippen LogP contribution in [0.15, 0.2) is 24.3 Å². The Morgan fingerprint density at radius 1 is 1.30 bits per heavy atom. The Balaban J connectivity index is 1.81. The van der Waals surface area contributed by atoms with Gasteiger partial charge in [0.1, 0.15) is 5.75 Å². The zero-order valence-corrected chi connectivity index (χ0v) is 12.0. The molecule has 2 rings (SSSR count). The van der Waals surface area contributed by atoms with Gasteiger partial charge in [0.25, 0.3) is 0 Å². The van der Waals surface area contributed by atoms with Crippen LogP contribution >= 0.6 is 0 Å². The largest absolute Gasteiger partial charge is 0.412 e. The van der Waals surface area contributed by atoms with Crippen LogP contribution in [0.1, 0.15) is 18.9 Å². The first-order valence-corrected chi connectivity index (χ1v) is 7.25. The lowest BCUT2D eigenvalue weighted by Gasteiger charge is -2.27. The Hall–Kier alpha value is -1.59. The molecule has 1 fully saturated rings. The Morgan fingerprint density at radius 3 is 2.65 bits per heavy atom. The third-order valence-corrected chi connectivity index (χ3v) is 3.27. The van der Waals surface area contributed by atoms with Gasteiger partial charge in [0.2, 0.25) is 0 Å². The summed E-state index contributed by atoms with van der Waals surface area (Å²) in [6.07, 6.45) is 0.514. The second-order valence-corrected chi connectivity index (χ2v) is 4.99. The molecule has 5 nitrogen and oxygen atoms in total. The number of benzene rings is 1. The molecule has 0 aromatic heterocycles. The van der Waals surface area contributed by atoms with Crippen molar-refractivity contribution < 1.29 is 9.53 Å². The fraction of sp³-hybridized carbons (Fsp3) is 0.533. The molecule has 20 heavy (non-hydrogen) atoms. The number of piperazine rings is 1. The minimum absolute atomic E-state index is 0.387. The first kappa shape index (κ1) is 14.8. The Morgan fingerprint density at radius 2 is 2.00 bits per heavy atom. The van der Waals surface area contributed by atoms with Crippen molar-refractivity contribution in [2.24, 2.45) is 0 Å². The number of ether oxygens (including phenoxy) is 1. The maximum atomic E-state index is 11.4. The number of hydrogen-bond donors (Lipinski definition) is 2. The van der Waals surface area contributed by atoms with E-state index in [1.807, 2.05) is 31.2 Å². The fourth-order valence-electron chi connectivity index (χ4n) is 2.16. The minimum atomic E-state index is -0.387. The standard InChI is InChI=1S/C15H23N3O2/c1-2-7-17-15(19)20-14-5-3-13(4-6-14)12-18-10-8-16-9-11-18/h3-6,16H,2,7-12H2,1H3,(H,17,19). The molecule has 1 aromatic rings. The van der Waals surface area contributed by atoms with Crippen molar-refractivity contribution in [2.45, 2.75) is 19.9 Å². The molecular weight excluding hydrogens is 254 g/mol. The van der Waals surface area contributed by atoms with E-state index in [1.165, 1.54) is 5.56 Å². The van der Waals surface area contributed by atoms with Crippen LogP contribution in [0.3, 0.4) is 0 Å².